The van der Waals surface area contributed by atoms with Crippen LogP contribution in [0.4, 0.5) is 15.9 Å². The number of aromatic nitrogens is 2. The Morgan fingerprint density at radius 2 is 2.26 bits per heavy atom. The van der Waals surface area contributed by atoms with E-state index in [2.05, 4.69) is 15.3 Å². The number of carboxylic acid groups (broad SMARTS) is 1. The first-order valence-corrected chi connectivity index (χ1v) is 5.65. The van der Waals surface area contributed by atoms with Gasteiger partial charge in [0.15, 0.2) is 11.0 Å². The molecule has 0 aliphatic rings. The summed E-state index contributed by atoms with van der Waals surface area (Å²) in [6.45, 7) is 1.74. The van der Waals surface area contributed by atoms with Crippen molar-refractivity contribution in [1.29, 1.82) is 0 Å². The number of anilines is 2. The third kappa shape index (κ3) is 2.79. The third-order valence-corrected chi connectivity index (χ3v) is 2.69. The zero-order valence-electron chi connectivity index (χ0n) is 9.82. The molecule has 0 fully saturated rings. The molecule has 0 saturated carbocycles. The van der Waals surface area contributed by atoms with E-state index in [1.165, 1.54) is 0 Å². The maximum absolute atomic E-state index is 13.2. The number of pyridine rings is 2. The lowest BCUT2D eigenvalue weighted by Crippen LogP contribution is -2.07. The van der Waals surface area contributed by atoms with Gasteiger partial charge in [0.25, 0.3) is 0 Å². The summed E-state index contributed by atoms with van der Waals surface area (Å²) >= 11 is 5.56. The molecule has 2 heterocycles. The molecule has 2 aromatic rings. The summed E-state index contributed by atoms with van der Waals surface area (Å²) in [5.41, 5.74) is 0.923. The Morgan fingerprint density at radius 3 is 2.89 bits per heavy atom. The van der Waals surface area contributed by atoms with Gasteiger partial charge in [-0.1, -0.05) is 11.6 Å². The van der Waals surface area contributed by atoms with Gasteiger partial charge < -0.3 is 10.4 Å². The summed E-state index contributed by atoms with van der Waals surface area (Å²) in [6.07, 6.45) is 1.60. The van der Waals surface area contributed by atoms with Crippen LogP contribution in [0.2, 0.25) is 5.15 Å². The minimum Gasteiger partial charge on any atom is -0.478 e. The highest BCUT2D eigenvalue weighted by atomic mass is 35.5. The average molecular weight is 282 g/mol. The maximum Gasteiger partial charge on any atom is 0.339 e. The van der Waals surface area contributed by atoms with Gasteiger partial charge in [0.1, 0.15) is 11.4 Å². The number of aryl methyl sites for hydroxylation is 1. The van der Waals surface area contributed by atoms with Gasteiger partial charge in [-0.25, -0.2) is 14.2 Å². The van der Waals surface area contributed by atoms with Crippen LogP contribution >= 0.6 is 11.6 Å². The molecule has 0 aliphatic heterocycles. The maximum atomic E-state index is 13.2. The number of hydrogen-bond acceptors (Lipinski definition) is 4. The van der Waals surface area contributed by atoms with Crippen LogP contribution in [-0.4, -0.2) is 21.0 Å². The minimum atomic E-state index is -1.30. The molecule has 0 radical (unpaired) electrons. The van der Waals surface area contributed by atoms with Crippen molar-refractivity contribution >= 4 is 29.1 Å². The Bertz CT molecular complexity index is 649. The molecule has 0 aromatic carbocycles. The van der Waals surface area contributed by atoms with Crippen LogP contribution in [0.5, 0.6) is 0 Å². The van der Waals surface area contributed by atoms with E-state index in [0.29, 0.717) is 11.4 Å². The lowest BCUT2D eigenvalue weighted by Gasteiger charge is -2.10. The van der Waals surface area contributed by atoms with Crippen LogP contribution in [0.3, 0.4) is 0 Å². The van der Waals surface area contributed by atoms with Crippen molar-refractivity contribution in [3.63, 3.8) is 0 Å². The molecule has 0 amide bonds. The van der Waals surface area contributed by atoms with Crippen molar-refractivity contribution in [3.8, 4) is 0 Å². The molecular formula is C12H9ClFN3O2. The van der Waals surface area contributed by atoms with Gasteiger partial charge in [-0.3, -0.25) is 4.98 Å². The standard InChI is InChI=1S/C12H9ClFN3O2/c1-6-9(3-2-4-15-6)16-11-7(12(18)19)5-8(14)10(13)17-11/h2-5H,1H3,(H,16,17)(H,18,19). The zero-order valence-corrected chi connectivity index (χ0v) is 10.6. The van der Waals surface area contributed by atoms with E-state index in [-0.39, 0.29) is 11.4 Å². The van der Waals surface area contributed by atoms with Gasteiger partial charge in [0, 0.05) is 6.20 Å². The van der Waals surface area contributed by atoms with Crippen molar-refractivity contribution < 1.29 is 14.3 Å². The largest absolute Gasteiger partial charge is 0.478 e. The number of aromatic carboxylic acids is 1. The van der Waals surface area contributed by atoms with Crippen molar-refractivity contribution in [2.45, 2.75) is 6.92 Å². The lowest BCUT2D eigenvalue weighted by atomic mass is 10.2. The Hall–Kier alpha value is -2.21. The van der Waals surface area contributed by atoms with Gasteiger partial charge in [-0.15, -0.1) is 0 Å². The summed E-state index contributed by atoms with van der Waals surface area (Å²) in [6, 6.07) is 4.21. The number of halogens is 2. The van der Waals surface area contributed by atoms with Crippen molar-refractivity contribution in [1.82, 2.24) is 9.97 Å². The quantitative estimate of drug-likeness (QED) is 0.846. The highest BCUT2D eigenvalue weighted by molar-refractivity contribution is 6.29. The molecule has 2 aromatic heterocycles. The fourth-order valence-corrected chi connectivity index (χ4v) is 1.61. The monoisotopic (exact) mass is 281 g/mol. The van der Waals surface area contributed by atoms with E-state index in [0.717, 1.165) is 6.07 Å². The predicted molar refractivity (Wildman–Crippen MR) is 68.4 cm³/mol. The molecule has 0 unspecified atom stereocenters. The molecule has 19 heavy (non-hydrogen) atoms. The third-order valence-electron chi connectivity index (χ3n) is 2.42. The van der Waals surface area contributed by atoms with Gasteiger partial charge >= 0.3 is 5.97 Å². The van der Waals surface area contributed by atoms with Crippen molar-refractivity contribution in [2.75, 3.05) is 5.32 Å². The molecule has 98 valence electrons. The normalized spacial score (nSPS) is 10.3. The fourth-order valence-electron chi connectivity index (χ4n) is 1.47. The van der Waals surface area contributed by atoms with Crippen LogP contribution in [0, 0.1) is 12.7 Å². The number of hydrogen-bond donors (Lipinski definition) is 2. The van der Waals surface area contributed by atoms with Gasteiger partial charge in [0.05, 0.1) is 11.4 Å². The molecule has 0 bridgehead atoms. The molecule has 0 spiro atoms. The van der Waals surface area contributed by atoms with Crippen molar-refractivity contribution in [3.05, 3.63) is 46.6 Å². The number of carboxylic acids is 1. The number of rotatable bonds is 3. The van der Waals surface area contributed by atoms with Gasteiger partial charge in [0.2, 0.25) is 0 Å². The first kappa shape index (κ1) is 13.2. The van der Waals surface area contributed by atoms with Crippen LogP contribution in [0.15, 0.2) is 24.4 Å². The van der Waals surface area contributed by atoms with E-state index in [9.17, 15) is 9.18 Å². The molecule has 7 heteroatoms. The van der Waals surface area contributed by atoms with E-state index in [4.69, 9.17) is 16.7 Å². The Morgan fingerprint density at radius 1 is 1.53 bits per heavy atom. The second-order valence-electron chi connectivity index (χ2n) is 3.72. The number of carbonyl (C=O) groups is 1. The smallest absolute Gasteiger partial charge is 0.339 e. The molecule has 0 saturated heterocycles. The van der Waals surface area contributed by atoms with Crippen LogP contribution in [0.25, 0.3) is 0 Å². The average Bonchev–Trinajstić information content (AvgIpc) is 2.36. The predicted octanol–water partition coefficient (Wildman–Crippen LogP) is 3.02. The Balaban J connectivity index is 2.48. The highest BCUT2D eigenvalue weighted by Gasteiger charge is 2.16. The highest BCUT2D eigenvalue weighted by Crippen LogP contribution is 2.24. The second kappa shape index (κ2) is 5.19. The van der Waals surface area contributed by atoms with Crippen LogP contribution < -0.4 is 5.32 Å². The summed E-state index contributed by atoms with van der Waals surface area (Å²) < 4.78 is 13.2. The lowest BCUT2D eigenvalue weighted by molar-refractivity contribution is 0.0697. The number of nitrogens with zero attached hydrogens (tertiary/aromatic N) is 2. The van der Waals surface area contributed by atoms with Gasteiger partial charge in [-0.2, -0.15) is 0 Å². The van der Waals surface area contributed by atoms with E-state index < -0.39 is 16.9 Å². The molecule has 0 atom stereocenters. The minimum absolute atomic E-state index is 0.0324. The van der Waals surface area contributed by atoms with E-state index in [1.807, 2.05) is 0 Å². The number of nitrogens with one attached hydrogen (secondary N) is 1. The zero-order chi connectivity index (χ0) is 14.0. The molecule has 5 nitrogen and oxygen atoms in total. The summed E-state index contributed by atoms with van der Waals surface area (Å²) in [7, 11) is 0. The molecule has 2 N–H and O–H groups in total. The fraction of sp³-hybridized carbons (Fsp3) is 0.0833. The topological polar surface area (TPSA) is 75.1 Å². The van der Waals surface area contributed by atoms with Crippen LogP contribution in [-0.2, 0) is 0 Å². The summed E-state index contributed by atoms with van der Waals surface area (Å²) in [5.74, 6) is -2.21. The summed E-state index contributed by atoms with van der Waals surface area (Å²) in [5, 5.41) is 11.4. The first-order valence-electron chi connectivity index (χ1n) is 5.27. The second-order valence-corrected chi connectivity index (χ2v) is 4.08. The van der Waals surface area contributed by atoms with Crippen LogP contribution in [0.1, 0.15) is 16.1 Å². The summed E-state index contributed by atoms with van der Waals surface area (Å²) in [4.78, 5) is 18.8. The molecule has 2 rings (SSSR count). The Kier molecular flexibility index (Phi) is 3.62. The molecule has 0 aliphatic carbocycles. The molecular weight excluding hydrogens is 273 g/mol. The van der Waals surface area contributed by atoms with E-state index in [1.54, 1.807) is 25.3 Å². The van der Waals surface area contributed by atoms with Gasteiger partial charge in [-0.05, 0) is 25.1 Å². The van der Waals surface area contributed by atoms with Crippen molar-refractivity contribution in [2.24, 2.45) is 0 Å². The SMILES string of the molecule is Cc1ncccc1Nc1nc(Cl)c(F)cc1C(=O)O. The first-order chi connectivity index (χ1) is 8.99. The van der Waals surface area contributed by atoms with E-state index >= 15 is 0 Å². The Labute approximate surface area is 113 Å².